The number of furan rings is 1. The SMILES string of the molecule is COc1ccc([C@@H]2C(C(=O)OC(C)C)=C(C)N=c3s/c(=C/c4cc(Br)c(N(C)C)o4)c(=O)n32)cc1. The van der Waals surface area contributed by atoms with Gasteiger partial charge in [-0.15, -0.1) is 0 Å². The predicted octanol–water partition coefficient (Wildman–Crippen LogP) is 3.62. The third-order valence-corrected chi connectivity index (χ3v) is 6.93. The Labute approximate surface area is 214 Å². The molecule has 0 radical (unpaired) electrons. The molecule has 4 rings (SSSR count). The van der Waals surface area contributed by atoms with E-state index in [0.717, 1.165) is 10.0 Å². The molecular weight excluding hydrogens is 534 g/mol. The molecular formula is C25H26BrN3O5S. The average Bonchev–Trinajstić information content (AvgIpc) is 3.31. The van der Waals surface area contributed by atoms with E-state index in [0.29, 0.717) is 38.0 Å². The molecule has 0 spiro atoms. The Morgan fingerprint density at radius 3 is 2.54 bits per heavy atom. The number of carbonyl (C=O) groups is 1. The topological polar surface area (TPSA) is 86.3 Å². The molecule has 1 aromatic carbocycles. The van der Waals surface area contributed by atoms with Crippen molar-refractivity contribution in [2.45, 2.75) is 32.9 Å². The third kappa shape index (κ3) is 4.85. The number of allylic oxidation sites excluding steroid dienone is 1. The molecule has 0 saturated carbocycles. The molecule has 3 aromatic rings. The largest absolute Gasteiger partial charge is 0.497 e. The highest BCUT2D eigenvalue weighted by Gasteiger charge is 2.33. The summed E-state index contributed by atoms with van der Waals surface area (Å²) in [5, 5.41) is 0. The Bertz CT molecular complexity index is 1480. The van der Waals surface area contributed by atoms with Crippen LogP contribution in [0.15, 0.2) is 60.3 Å². The van der Waals surface area contributed by atoms with Gasteiger partial charge in [0.25, 0.3) is 5.56 Å². The van der Waals surface area contributed by atoms with Crippen molar-refractivity contribution in [2.75, 3.05) is 26.1 Å². The van der Waals surface area contributed by atoms with Crippen LogP contribution in [0, 0.1) is 0 Å². The number of hydrogen-bond donors (Lipinski definition) is 0. The number of hydrogen-bond acceptors (Lipinski definition) is 8. The van der Waals surface area contributed by atoms with E-state index < -0.39 is 12.0 Å². The molecule has 1 aliphatic heterocycles. The summed E-state index contributed by atoms with van der Waals surface area (Å²) in [7, 11) is 5.33. The molecule has 0 saturated heterocycles. The van der Waals surface area contributed by atoms with Crippen molar-refractivity contribution in [1.82, 2.24) is 4.57 Å². The van der Waals surface area contributed by atoms with Gasteiger partial charge in [0, 0.05) is 26.2 Å². The Morgan fingerprint density at radius 1 is 1.29 bits per heavy atom. The number of aromatic nitrogens is 1. The minimum atomic E-state index is -0.689. The van der Waals surface area contributed by atoms with Crippen LogP contribution in [0.1, 0.15) is 38.1 Å². The molecule has 0 bridgehead atoms. The summed E-state index contributed by atoms with van der Waals surface area (Å²) in [6.07, 6.45) is 1.38. The average molecular weight is 560 g/mol. The fourth-order valence-electron chi connectivity index (χ4n) is 3.84. The van der Waals surface area contributed by atoms with Crippen molar-refractivity contribution in [3.8, 4) is 5.75 Å². The fraction of sp³-hybridized carbons (Fsp3) is 0.320. The highest BCUT2D eigenvalue weighted by Crippen LogP contribution is 2.32. The number of halogens is 1. The minimum absolute atomic E-state index is 0.268. The summed E-state index contributed by atoms with van der Waals surface area (Å²) in [5.41, 5.74) is 1.33. The lowest BCUT2D eigenvalue weighted by atomic mass is 9.96. The van der Waals surface area contributed by atoms with Gasteiger partial charge in [-0.1, -0.05) is 23.5 Å². The molecule has 8 nitrogen and oxygen atoms in total. The molecule has 35 heavy (non-hydrogen) atoms. The number of ether oxygens (including phenoxy) is 2. The van der Waals surface area contributed by atoms with E-state index in [-0.39, 0.29) is 11.7 Å². The normalized spacial score (nSPS) is 15.8. The molecule has 1 aliphatic rings. The molecule has 3 heterocycles. The van der Waals surface area contributed by atoms with Gasteiger partial charge in [-0.25, -0.2) is 9.79 Å². The summed E-state index contributed by atoms with van der Waals surface area (Å²) < 4.78 is 19.5. The van der Waals surface area contributed by atoms with Gasteiger partial charge in [0.05, 0.1) is 39.5 Å². The number of thiazole rings is 1. The fourth-order valence-corrected chi connectivity index (χ4v) is 5.53. The van der Waals surface area contributed by atoms with Gasteiger partial charge in [-0.2, -0.15) is 0 Å². The van der Waals surface area contributed by atoms with Crippen molar-refractivity contribution in [1.29, 1.82) is 0 Å². The number of nitrogens with zero attached hydrogens (tertiary/aromatic N) is 3. The van der Waals surface area contributed by atoms with E-state index in [2.05, 4.69) is 20.9 Å². The number of carbonyl (C=O) groups excluding carboxylic acids is 1. The molecule has 0 unspecified atom stereocenters. The second kappa shape index (κ2) is 9.87. The van der Waals surface area contributed by atoms with Crippen LogP contribution in [0.4, 0.5) is 5.88 Å². The third-order valence-electron chi connectivity index (χ3n) is 5.38. The summed E-state index contributed by atoms with van der Waals surface area (Å²) >= 11 is 4.73. The van der Waals surface area contributed by atoms with Gasteiger partial charge >= 0.3 is 5.97 Å². The second-order valence-corrected chi connectivity index (χ2v) is 10.4. The summed E-state index contributed by atoms with van der Waals surface area (Å²) in [5.74, 6) is 1.35. The van der Waals surface area contributed by atoms with Gasteiger partial charge in [0.15, 0.2) is 4.80 Å². The first kappa shape index (κ1) is 25.0. The smallest absolute Gasteiger partial charge is 0.338 e. The highest BCUT2D eigenvalue weighted by atomic mass is 79.9. The van der Waals surface area contributed by atoms with Crippen LogP contribution in [0.25, 0.3) is 6.08 Å². The number of rotatable bonds is 6. The van der Waals surface area contributed by atoms with Crippen molar-refractivity contribution in [3.63, 3.8) is 0 Å². The van der Waals surface area contributed by atoms with Crippen LogP contribution in [0.2, 0.25) is 0 Å². The lowest BCUT2D eigenvalue weighted by Crippen LogP contribution is -2.40. The highest BCUT2D eigenvalue weighted by molar-refractivity contribution is 9.10. The van der Waals surface area contributed by atoms with Crippen LogP contribution in [0.5, 0.6) is 5.75 Å². The number of esters is 1. The monoisotopic (exact) mass is 559 g/mol. The molecule has 0 aliphatic carbocycles. The predicted molar refractivity (Wildman–Crippen MR) is 139 cm³/mol. The van der Waals surface area contributed by atoms with Crippen LogP contribution in [0.3, 0.4) is 0 Å². The zero-order valence-electron chi connectivity index (χ0n) is 20.3. The lowest BCUT2D eigenvalue weighted by Gasteiger charge is -2.25. The van der Waals surface area contributed by atoms with E-state index in [9.17, 15) is 9.59 Å². The maximum atomic E-state index is 13.7. The number of anilines is 1. The van der Waals surface area contributed by atoms with Gasteiger partial charge < -0.3 is 18.8 Å². The maximum Gasteiger partial charge on any atom is 0.338 e. The van der Waals surface area contributed by atoms with Crippen molar-refractivity contribution >= 4 is 45.2 Å². The number of fused-ring (bicyclic) bond motifs is 1. The van der Waals surface area contributed by atoms with Crippen molar-refractivity contribution in [3.05, 3.63) is 77.1 Å². The van der Waals surface area contributed by atoms with Crippen LogP contribution in [-0.4, -0.2) is 37.8 Å². The van der Waals surface area contributed by atoms with E-state index >= 15 is 0 Å². The van der Waals surface area contributed by atoms with E-state index in [1.54, 1.807) is 50.7 Å². The van der Waals surface area contributed by atoms with Crippen LogP contribution >= 0.6 is 27.3 Å². The first-order chi connectivity index (χ1) is 16.6. The molecule has 184 valence electrons. The molecule has 0 N–H and O–H groups in total. The summed E-state index contributed by atoms with van der Waals surface area (Å²) in [4.78, 5) is 33.7. The van der Waals surface area contributed by atoms with Crippen LogP contribution < -0.4 is 24.5 Å². The van der Waals surface area contributed by atoms with Gasteiger partial charge in [0.1, 0.15) is 11.5 Å². The second-order valence-electron chi connectivity index (χ2n) is 8.51. The first-order valence-corrected chi connectivity index (χ1v) is 12.6. The summed E-state index contributed by atoms with van der Waals surface area (Å²) in [6, 6.07) is 8.41. The standard InChI is InChI=1S/C25H26BrN3O5S/c1-13(2)33-24(31)20-14(3)27-25-29(21(20)15-7-9-16(32-6)10-8-15)22(30)19(35-25)12-17-11-18(26)23(34-17)28(4)5/h7-13,21H,1-6H3/b19-12+/t21-/m1/s1. The number of methoxy groups -OCH3 is 1. The van der Waals surface area contributed by atoms with Crippen molar-refractivity contribution < 1.29 is 18.7 Å². The van der Waals surface area contributed by atoms with E-state index in [4.69, 9.17) is 13.9 Å². The van der Waals surface area contributed by atoms with Crippen molar-refractivity contribution in [2.24, 2.45) is 4.99 Å². The Hall–Kier alpha value is -3.11. The molecule has 0 fully saturated rings. The van der Waals surface area contributed by atoms with E-state index in [1.165, 1.54) is 11.3 Å². The summed E-state index contributed by atoms with van der Waals surface area (Å²) in [6.45, 7) is 5.33. The van der Waals surface area contributed by atoms with Gasteiger partial charge in [-0.3, -0.25) is 9.36 Å². The van der Waals surface area contributed by atoms with Gasteiger partial charge in [-0.05, 0) is 54.4 Å². The molecule has 0 amide bonds. The van der Waals surface area contributed by atoms with Gasteiger partial charge in [0.2, 0.25) is 5.88 Å². The first-order valence-electron chi connectivity index (χ1n) is 10.9. The van der Waals surface area contributed by atoms with E-state index in [1.807, 2.05) is 37.2 Å². The molecule has 10 heteroatoms. The quantitative estimate of drug-likeness (QED) is 0.429. The molecule has 1 atom stereocenters. The lowest BCUT2D eigenvalue weighted by molar-refractivity contribution is -0.143. The zero-order chi connectivity index (χ0) is 25.4. The Balaban J connectivity index is 1.91. The number of benzene rings is 1. The zero-order valence-corrected chi connectivity index (χ0v) is 22.7. The maximum absolute atomic E-state index is 13.7. The minimum Gasteiger partial charge on any atom is -0.497 e. The molecule has 2 aromatic heterocycles. The van der Waals surface area contributed by atoms with Crippen LogP contribution in [-0.2, 0) is 9.53 Å². The Kier molecular flexibility index (Phi) is 7.05. The Morgan fingerprint density at radius 2 is 1.97 bits per heavy atom.